The average molecular weight is 312 g/mol. The number of hydrogen-bond acceptors (Lipinski definition) is 4. The number of rotatable bonds is 4. The maximum absolute atomic E-state index is 12.0. The molecular weight excluding hydrogens is 292 g/mol. The van der Waals surface area contributed by atoms with E-state index in [0.717, 1.165) is 5.56 Å². The smallest absolute Gasteiger partial charge is 0.275 e. The van der Waals surface area contributed by atoms with E-state index in [0.29, 0.717) is 12.1 Å². The molecule has 0 bridgehead atoms. The van der Waals surface area contributed by atoms with Gasteiger partial charge in [-0.25, -0.2) is 4.98 Å². The Labute approximate surface area is 135 Å². The Morgan fingerprint density at radius 1 is 1.09 bits per heavy atom. The molecule has 0 radical (unpaired) electrons. The number of aromatic nitrogens is 2. The first-order valence-electron chi connectivity index (χ1n) is 7.31. The van der Waals surface area contributed by atoms with Crippen molar-refractivity contribution in [2.24, 2.45) is 0 Å². The second-order valence-corrected chi connectivity index (χ2v) is 6.22. The molecule has 6 nitrogen and oxygen atoms in total. The third kappa shape index (κ3) is 5.50. The van der Waals surface area contributed by atoms with E-state index in [2.05, 4.69) is 20.6 Å². The summed E-state index contributed by atoms with van der Waals surface area (Å²) in [4.78, 5) is 31.6. The molecule has 23 heavy (non-hydrogen) atoms. The average Bonchev–Trinajstić information content (AvgIpc) is 2.48. The van der Waals surface area contributed by atoms with Crippen molar-refractivity contribution in [2.75, 3.05) is 5.32 Å². The summed E-state index contributed by atoms with van der Waals surface area (Å²) in [6.07, 6.45) is 4.68. The normalized spacial score (nSPS) is 10.9. The predicted molar refractivity (Wildman–Crippen MR) is 88.0 cm³/mol. The Bertz CT molecular complexity index is 676. The molecule has 1 heterocycles. The van der Waals surface area contributed by atoms with Crippen molar-refractivity contribution in [1.82, 2.24) is 15.3 Å². The van der Waals surface area contributed by atoms with Gasteiger partial charge >= 0.3 is 0 Å². The van der Waals surface area contributed by atoms with Gasteiger partial charge in [0.2, 0.25) is 5.91 Å². The number of nitrogens with zero attached hydrogens (tertiary/aromatic N) is 2. The van der Waals surface area contributed by atoms with E-state index in [-0.39, 0.29) is 23.0 Å². The molecule has 0 saturated heterocycles. The molecule has 2 amide bonds. The highest BCUT2D eigenvalue weighted by Crippen LogP contribution is 2.11. The second-order valence-electron chi connectivity index (χ2n) is 6.22. The summed E-state index contributed by atoms with van der Waals surface area (Å²) in [5.41, 5.74) is 1.52. The lowest BCUT2D eigenvalue weighted by molar-refractivity contribution is -0.121. The van der Waals surface area contributed by atoms with Crippen molar-refractivity contribution in [3.63, 3.8) is 0 Å². The molecule has 2 rings (SSSR count). The maximum atomic E-state index is 12.0. The van der Waals surface area contributed by atoms with Gasteiger partial charge in [-0.3, -0.25) is 14.6 Å². The van der Waals surface area contributed by atoms with Gasteiger partial charge in [0.15, 0.2) is 0 Å². The van der Waals surface area contributed by atoms with E-state index < -0.39 is 0 Å². The minimum Gasteiger partial charge on any atom is -0.351 e. The molecule has 0 saturated carbocycles. The lowest BCUT2D eigenvalue weighted by atomic mass is 10.1. The fourth-order valence-corrected chi connectivity index (χ4v) is 1.97. The molecule has 0 unspecified atom stereocenters. The highest BCUT2D eigenvalue weighted by molar-refractivity contribution is 6.02. The zero-order valence-corrected chi connectivity index (χ0v) is 13.5. The Kier molecular flexibility index (Phi) is 5.05. The summed E-state index contributed by atoms with van der Waals surface area (Å²) in [6.45, 7) is 5.82. The largest absolute Gasteiger partial charge is 0.351 e. The monoisotopic (exact) mass is 312 g/mol. The van der Waals surface area contributed by atoms with E-state index in [4.69, 9.17) is 0 Å². The van der Waals surface area contributed by atoms with Crippen molar-refractivity contribution in [3.05, 3.63) is 54.1 Å². The lowest BCUT2D eigenvalue weighted by Gasteiger charge is -2.20. The number of nitrogens with one attached hydrogen (secondary N) is 2. The summed E-state index contributed by atoms with van der Waals surface area (Å²) < 4.78 is 0. The molecule has 0 spiro atoms. The van der Waals surface area contributed by atoms with Gasteiger partial charge in [-0.1, -0.05) is 12.1 Å². The fraction of sp³-hybridized carbons (Fsp3) is 0.294. The van der Waals surface area contributed by atoms with Gasteiger partial charge in [-0.2, -0.15) is 0 Å². The molecule has 6 heteroatoms. The standard InChI is InChI=1S/C17H20N4O2/c1-17(2,3)21-15(22)10-12-4-6-13(7-5-12)20-16(23)14-11-18-8-9-19-14/h4-9,11H,10H2,1-3H3,(H,20,23)(H,21,22). The molecule has 0 fully saturated rings. The van der Waals surface area contributed by atoms with Crippen LogP contribution in [0.1, 0.15) is 36.8 Å². The molecular formula is C17H20N4O2. The van der Waals surface area contributed by atoms with Crippen LogP contribution in [0.4, 0.5) is 5.69 Å². The van der Waals surface area contributed by atoms with Gasteiger partial charge in [0, 0.05) is 23.6 Å². The van der Waals surface area contributed by atoms with Crippen LogP contribution in [0.2, 0.25) is 0 Å². The molecule has 1 aromatic carbocycles. The van der Waals surface area contributed by atoms with Crippen LogP contribution in [0.25, 0.3) is 0 Å². The molecule has 0 aliphatic rings. The van der Waals surface area contributed by atoms with E-state index in [1.165, 1.54) is 18.6 Å². The molecule has 0 aliphatic carbocycles. The number of carbonyl (C=O) groups is 2. The zero-order valence-electron chi connectivity index (χ0n) is 13.5. The number of benzene rings is 1. The Morgan fingerprint density at radius 3 is 2.35 bits per heavy atom. The van der Waals surface area contributed by atoms with Crippen LogP contribution < -0.4 is 10.6 Å². The van der Waals surface area contributed by atoms with E-state index in [1.54, 1.807) is 12.1 Å². The van der Waals surface area contributed by atoms with Gasteiger partial charge < -0.3 is 10.6 Å². The van der Waals surface area contributed by atoms with Crippen LogP contribution >= 0.6 is 0 Å². The molecule has 1 aromatic heterocycles. The van der Waals surface area contributed by atoms with Gasteiger partial charge in [0.25, 0.3) is 5.91 Å². The van der Waals surface area contributed by atoms with Crippen LogP contribution in [0.5, 0.6) is 0 Å². The Balaban J connectivity index is 1.95. The summed E-state index contributed by atoms with van der Waals surface area (Å²) >= 11 is 0. The fourth-order valence-electron chi connectivity index (χ4n) is 1.97. The maximum Gasteiger partial charge on any atom is 0.275 e. The van der Waals surface area contributed by atoms with Gasteiger partial charge in [0.1, 0.15) is 5.69 Å². The molecule has 120 valence electrons. The minimum absolute atomic E-state index is 0.0335. The topological polar surface area (TPSA) is 84.0 Å². The van der Waals surface area contributed by atoms with Crippen molar-refractivity contribution in [1.29, 1.82) is 0 Å². The summed E-state index contributed by atoms with van der Waals surface area (Å²) in [5, 5.41) is 5.65. The van der Waals surface area contributed by atoms with Crippen LogP contribution in [0, 0.1) is 0 Å². The van der Waals surface area contributed by atoms with E-state index in [1.807, 2.05) is 32.9 Å². The van der Waals surface area contributed by atoms with Crippen molar-refractivity contribution in [2.45, 2.75) is 32.7 Å². The third-order valence-corrected chi connectivity index (χ3v) is 2.89. The number of carbonyl (C=O) groups excluding carboxylic acids is 2. The Hall–Kier alpha value is -2.76. The molecule has 0 aliphatic heterocycles. The number of amides is 2. The number of anilines is 1. The first-order chi connectivity index (χ1) is 10.8. The van der Waals surface area contributed by atoms with Crippen molar-refractivity contribution >= 4 is 17.5 Å². The molecule has 2 N–H and O–H groups in total. The summed E-state index contributed by atoms with van der Waals surface area (Å²) in [5.74, 6) is -0.356. The van der Waals surface area contributed by atoms with Crippen molar-refractivity contribution in [3.8, 4) is 0 Å². The first kappa shape index (κ1) is 16.6. The first-order valence-corrected chi connectivity index (χ1v) is 7.31. The highest BCUT2D eigenvalue weighted by atomic mass is 16.2. The Morgan fingerprint density at radius 2 is 1.78 bits per heavy atom. The van der Waals surface area contributed by atoms with Gasteiger partial charge in [0.05, 0.1) is 12.6 Å². The third-order valence-electron chi connectivity index (χ3n) is 2.89. The molecule has 2 aromatic rings. The number of hydrogen-bond donors (Lipinski definition) is 2. The van der Waals surface area contributed by atoms with Crippen molar-refractivity contribution < 1.29 is 9.59 Å². The van der Waals surface area contributed by atoms with Crippen LogP contribution in [0.15, 0.2) is 42.9 Å². The minimum atomic E-state index is -0.323. The summed E-state index contributed by atoms with van der Waals surface area (Å²) in [7, 11) is 0. The van der Waals surface area contributed by atoms with Crippen LogP contribution in [-0.4, -0.2) is 27.3 Å². The second kappa shape index (κ2) is 7.00. The van der Waals surface area contributed by atoms with Crippen LogP contribution in [0.3, 0.4) is 0 Å². The van der Waals surface area contributed by atoms with Gasteiger partial charge in [-0.15, -0.1) is 0 Å². The summed E-state index contributed by atoms with van der Waals surface area (Å²) in [6, 6.07) is 7.14. The lowest BCUT2D eigenvalue weighted by Crippen LogP contribution is -2.41. The highest BCUT2D eigenvalue weighted by Gasteiger charge is 2.14. The molecule has 0 atom stereocenters. The van der Waals surface area contributed by atoms with Gasteiger partial charge in [-0.05, 0) is 38.5 Å². The SMILES string of the molecule is CC(C)(C)NC(=O)Cc1ccc(NC(=O)c2cnccn2)cc1. The van der Waals surface area contributed by atoms with E-state index >= 15 is 0 Å². The zero-order chi connectivity index (χ0) is 16.9. The quantitative estimate of drug-likeness (QED) is 0.906. The van der Waals surface area contributed by atoms with E-state index in [9.17, 15) is 9.59 Å². The van der Waals surface area contributed by atoms with Crippen LogP contribution in [-0.2, 0) is 11.2 Å². The predicted octanol–water partition coefficient (Wildman–Crippen LogP) is 2.19.